The van der Waals surface area contributed by atoms with Crippen molar-refractivity contribution < 1.29 is 4.79 Å². The Balaban J connectivity index is 2.04. The fourth-order valence-corrected chi connectivity index (χ4v) is 3.44. The molecule has 0 spiro atoms. The van der Waals surface area contributed by atoms with E-state index in [0.717, 1.165) is 15.8 Å². The van der Waals surface area contributed by atoms with Gasteiger partial charge in [0.15, 0.2) is 0 Å². The fourth-order valence-electron chi connectivity index (χ4n) is 2.40. The zero-order valence-corrected chi connectivity index (χ0v) is 13.2. The maximum Gasteiger partial charge on any atom is 0.267 e. The molecule has 3 aromatic rings. The normalized spacial score (nSPS) is 11.0. The molecule has 1 aromatic carbocycles. The molecule has 108 valence electrons. The lowest BCUT2D eigenvalue weighted by atomic mass is 10.2. The first-order chi connectivity index (χ1) is 10.2. The molecule has 3 nitrogen and oxygen atoms in total. The molecule has 0 atom stereocenters. The molecule has 2 aromatic heterocycles. The molecule has 0 saturated carbocycles. The monoisotopic (exact) mass is 318 g/mol. The van der Waals surface area contributed by atoms with Gasteiger partial charge in [0, 0.05) is 18.1 Å². The van der Waals surface area contributed by atoms with Gasteiger partial charge in [0.05, 0.1) is 10.2 Å². The number of nitrogens with one attached hydrogen (secondary N) is 1. The Hall–Kier alpha value is -1.78. The maximum absolute atomic E-state index is 12.2. The fraction of sp³-hybridized carbons (Fsp3) is 0.188. The van der Waals surface area contributed by atoms with E-state index in [0.29, 0.717) is 23.8 Å². The SMILES string of the molecule is CCNC(=O)c1cc2sccc2n1Cc1cccc(Cl)c1. The zero-order valence-electron chi connectivity index (χ0n) is 11.6. The van der Waals surface area contributed by atoms with Crippen LogP contribution in [0.1, 0.15) is 23.0 Å². The van der Waals surface area contributed by atoms with E-state index in [1.54, 1.807) is 11.3 Å². The molecular formula is C16H15ClN2OS. The second-order valence-corrected chi connectivity index (χ2v) is 6.16. The molecule has 5 heteroatoms. The van der Waals surface area contributed by atoms with Crippen molar-refractivity contribution in [3.8, 4) is 0 Å². The summed E-state index contributed by atoms with van der Waals surface area (Å²) < 4.78 is 3.17. The first-order valence-corrected chi connectivity index (χ1v) is 8.04. The van der Waals surface area contributed by atoms with Gasteiger partial charge >= 0.3 is 0 Å². The van der Waals surface area contributed by atoms with Crippen LogP contribution in [0.3, 0.4) is 0 Å². The van der Waals surface area contributed by atoms with E-state index >= 15 is 0 Å². The molecule has 21 heavy (non-hydrogen) atoms. The number of thiophene rings is 1. The predicted octanol–water partition coefficient (Wildman–Crippen LogP) is 4.15. The molecule has 0 aliphatic heterocycles. The van der Waals surface area contributed by atoms with Crippen LogP contribution in [0.4, 0.5) is 0 Å². The predicted molar refractivity (Wildman–Crippen MR) is 88.4 cm³/mol. The summed E-state index contributed by atoms with van der Waals surface area (Å²) in [6.07, 6.45) is 0. The number of carbonyl (C=O) groups excluding carboxylic acids is 1. The van der Waals surface area contributed by atoms with Gasteiger partial charge in [-0.1, -0.05) is 23.7 Å². The van der Waals surface area contributed by atoms with Gasteiger partial charge in [-0.2, -0.15) is 0 Å². The maximum atomic E-state index is 12.2. The number of nitrogens with zero attached hydrogens (tertiary/aromatic N) is 1. The van der Waals surface area contributed by atoms with Gasteiger partial charge in [-0.25, -0.2) is 0 Å². The van der Waals surface area contributed by atoms with Gasteiger partial charge in [-0.05, 0) is 42.1 Å². The van der Waals surface area contributed by atoms with Crippen LogP contribution in [0.2, 0.25) is 5.02 Å². The Morgan fingerprint density at radius 3 is 2.95 bits per heavy atom. The van der Waals surface area contributed by atoms with Crippen LogP contribution in [0.5, 0.6) is 0 Å². The summed E-state index contributed by atoms with van der Waals surface area (Å²) in [5.74, 6) is -0.0390. The highest BCUT2D eigenvalue weighted by Gasteiger charge is 2.16. The first kappa shape index (κ1) is 14.2. The van der Waals surface area contributed by atoms with Crippen LogP contribution in [-0.4, -0.2) is 17.0 Å². The number of aromatic nitrogens is 1. The summed E-state index contributed by atoms with van der Waals surface area (Å²) in [6.45, 7) is 3.17. The summed E-state index contributed by atoms with van der Waals surface area (Å²) in [4.78, 5) is 12.2. The van der Waals surface area contributed by atoms with Crippen molar-refractivity contribution in [2.24, 2.45) is 0 Å². The molecule has 0 bridgehead atoms. The van der Waals surface area contributed by atoms with E-state index in [-0.39, 0.29) is 5.91 Å². The lowest BCUT2D eigenvalue weighted by molar-refractivity contribution is 0.0947. The van der Waals surface area contributed by atoms with Crippen molar-refractivity contribution >= 4 is 39.1 Å². The molecule has 0 unspecified atom stereocenters. The van der Waals surface area contributed by atoms with Gasteiger partial charge in [-0.3, -0.25) is 4.79 Å². The largest absolute Gasteiger partial charge is 0.351 e. The molecule has 0 saturated heterocycles. The Morgan fingerprint density at radius 2 is 2.19 bits per heavy atom. The highest BCUT2D eigenvalue weighted by Crippen LogP contribution is 2.26. The Morgan fingerprint density at radius 1 is 1.33 bits per heavy atom. The van der Waals surface area contributed by atoms with Crippen molar-refractivity contribution in [2.75, 3.05) is 6.54 Å². The van der Waals surface area contributed by atoms with Crippen molar-refractivity contribution in [2.45, 2.75) is 13.5 Å². The van der Waals surface area contributed by atoms with Gasteiger partial charge in [-0.15, -0.1) is 11.3 Å². The van der Waals surface area contributed by atoms with E-state index < -0.39 is 0 Å². The Labute approximate surface area is 132 Å². The van der Waals surface area contributed by atoms with Crippen molar-refractivity contribution in [3.63, 3.8) is 0 Å². The number of benzene rings is 1. The third kappa shape index (κ3) is 2.82. The van der Waals surface area contributed by atoms with Crippen LogP contribution < -0.4 is 5.32 Å². The molecule has 2 heterocycles. The Kier molecular flexibility index (Phi) is 3.99. The molecule has 0 fully saturated rings. The highest BCUT2D eigenvalue weighted by atomic mass is 35.5. The minimum Gasteiger partial charge on any atom is -0.351 e. The number of fused-ring (bicyclic) bond motifs is 1. The third-order valence-corrected chi connectivity index (χ3v) is 4.41. The summed E-state index contributed by atoms with van der Waals surface area (Å²) in [5, 5.41) is 5.62. The zero-order chi connectivity index (χ0) is 14.8. The molecule has 1 amide bonds. The minimum absolute atomic E-state index is 0.0390. The molecule has 0 radical (unpaired) electrons. The lowest BCUT2D eigenvalue weighted by Crippen LogP contribution is -2.25. The van der Waals surface area contributed by atoms with E-state index in [1.165, 1.54) is 0 Å². The number of hydrogen-bond donors (Lipinski definition) is 1. The average molecular weight is 319 g/mol. The van der Waals surface area contributed by atoms with Crippen molar-refractivity contribution in [3.05, 3.63) is 58.1 Å². The van der Waals surface area contributed by atoms with E-state index in [1.807, 2.05) is 53.3 Å². The highest BCUT2D eigenvalue weighted by molar-refractivity contribution is 7.17. The second-order valence-electron chi connectivity index (χ2n) is 4.78. The summed E-state index contributed by atoms with van der Waals surface area (Å²) >= 11 is 7.69. The quantitative estimate of drug-likeness (QED) is 0.770. The van der Waals surface area contributed by atoms with Crippen LogP contribution in [0.15, 0.2) is 41.8 Å². The summed E-state index contributed by atoms with van der Waals surface area (Å²) in [7, 11) is 0. The molecular weight excluding hydrogens is 304 g/mol. The second kappa shape index (κ2) is 5.92. The summed E-state index contributed by atoms with van der Waals surface area (Å²) in [6, 6.07) is 11.7. The first-order valence-electron chi connectivity index (χ1n) is 6.78. The van der Waals surface area contributed by atoms with E-state index in [4.69, 9.17) is 11.6 Å². The standard InChI is InChI=1S/C16H15ClN2OS/c1-2-18-16(20)14-9-15-13(6-7-21-15)19(14)10-11-4-3-5-12(17)8-11/h3-9H,2,10H2,1H3,(H,18,20). The van der Waals surface area contributed by atoms with Crippen LogP contribution in [-0.2, 0) is 6.54 Å². The average Bonchev–Trinajstić information content (AvgIpc) is 3.02. The molecule has 3 rings (SSSR count). The topological polar surface area (TPSA) is 34.0 Å². The lowest BCUT2D eigenvalue weighted by Gasteiger charge is -2.10. The molecule has 0 aliphatic carbocycles. The van der Waals surface area contributed by atoms with Gasteiger partial charge < -0.3 is 9.88 Å². The number of hydrogen-bond acceptors (Lipinski definition) is 2. The number of amides is 1. The van der Waals surface area contributed by atoms with Crippen molar-refractivity contribution in [1.29, 1.82) is 0 Å². The van der Waals surface area contributed by atoms with Gasteiger partial charge in [0.25, 0.3) is 5.91 Å². The van der Waals surface area contributed by atoms with Gasteiger partial charge in [0.2, 0.25) is 0 Å². The number of halogens is 1. The Bertz CT molecular complexity index is 791. The molecule has 1 N–H and O–H groups in total. The number of rotatable bonds is 4. The van der Waals surface area contributed by atoms with E-state index in [9.17, 15) is 4.79 Å². The minimum atomic E-state index is -0.0390. The third-order valence-electron chi connectivity index (χ3n) is 3.32. The smallest absolute Gasteiger partial charge is 0.267 e. The number of carbonyl (C=O) groups is 1. The summed E-state index contributed by atoms with van der Waals surface area (Å²) in [5.41, 5.74) is 2.86. The van der Waals surface area contributed by atoms with Gasteiger partial charge in [0.1, 0.15) is 5.69 Å². The molecule has 0 aliphatic rings. The van der Waals surface area contributed by atoms with E-state index in [2.05, 4.69) is 5.32 Å². The van der Waals surface area contributed by atoms with Crippen LogP contribution in [0.25, 0.3) is 10.2 Å². The van der Waals surface area contributed by atoms with Crippen LogP contribution >= 0.6 is 22.9 Å². The van der Waals surface area contributed by atoms with Crippen LogP contribution in [0, 0.1) is 0 Å². The van der Waals surface area contributed by atoms with Crippen molar-refractivity contribution in [1.82, 2.24) is 9.88 Å².